The number of ether oxygens (including phenoxy) is 2. The van der Waals surface area contributed by atoms with E-state index >= 15 is 0 Å². The molecule has 0 fully saturated rings. The zero-order chi connectivity index (χ0) is 20.3. The number of nitrogens with one attached hydrogen (secondary N) is 2. The number of para-hydroxylation sites is 2. The van der Waals surface area contributed by atoms with E-state index in [1.165, 1.54) is 19.1 Å². The largest absolute Gasteiger partial charge is 0.478 e. The van der Waals surface area contributed by atoms with Gasteiger partial charge in [0.2, 0.25) is 0 Å². The molecule has 2 aromatic carbocycles. The molecule has 1 heterocycles. The number of hydrogen-bond donors (Lipinski definition) is 2. The molecule has 2 atom stereocenters. The second kappa shape index (κ2) is 8.26. The Bertz CT molecular complexity index is 936. The predicted molar refractivity (Wildman–Crippen MR) is 99.7 cm³/mol. The number of fused-ring (bicyclic) bond motifs is 1. The summed E-state index contributed by atoms with van der Waals surface area (Å²) in [5.74, 6) is -2.31. The average Bonchev–Trinajstić information content (AvgIpc) is 2.64. The highest BCUT2D eigenvalue weighted by Crippen LogP contribution is 2.29. The maximum atomic E-state index is 13.7. The Labute approximate surface area is 164 Å². The second-order valence-corrected chi connectivity index (χ2v) is 6.48. The summed E-state index contributed by atoms with van der Waals surface area (Å²) in [5, 5.41) is 5.12. The molecule has 0 unspecified atom stereocenters. The van der Waals surface area contributed by atoms with Crippen molar-refractivity contribution in [3.05, 3.63) is 53.3 Å². The molecule has 0 radical (unpaired) electrons. The fraction of sp³-hybridized carbons (Fsp3) is 0.211. The van der Waals surface area contributed by atoms with Gasteiger partial charge in [-0.05, 0) is 37.3 Å². The van der Waals surface area contributed by atoms with Gasteiger partial charge in [-0.25, -0.2) is 4.39 Å². The van der Waals surface area contributed by atoms with E-state index in [-0.39, 0.29) is 17.1 Å². The summed E-state index contributed by atoms with van der Waals surface area (Å²) in [5.41, 5.74) is 0.416. The van der Waals surface area contributed by atoms with Crippen molar-refractivity contribution in [2.24, 2.45) is 0 Å². The standard InChI is InChI=1S/C19H16ClFN2O5/c1-10(18(25)22-13-7-6-11(20)8-12(13)21)27-17(24)9-16-19(26)23-14-4-2-3-5-15(14)28-16/h2-8,10,16H,9H2,1H3,(H,22,25)(H,23,26)/t10-,16+/m0/s1. The van der Waals surface area contributed by atoms with Crippen LogP contribution in [-0.4, -0.2) is 30.0 Å². The Hall–Kier alpha value is -3.13. The van der Waals surface area contributed by atoms with Crippen LogP contribution in [0.4, 0.5) is 15.8 Å². The molecule has 2 N–H and O–H groups in total. The van der Waals surface area contributed by atoms with Crippen molar-refractivity contribution < 1.29 is 28.2 Å². The van der Waals surface area contributed by atoms with E-state index in [1.807, 2.05) is 0 Å². The number of carbonyl (C=O) groups excluding carboxylic acids is 3. The summed E-state index contributed by atoms with van der Waals surface area (Å²) in [6.45, 7) is 1.33. The minimum atomic E-state index is -1.21. The number of benzene rings is 2. The minimum Gasteiger partial charge on any atom is -0.478 e. The van der Waals surface area contributed by atoms with E-state index in [2.05, 4.69) is 10.6 Å². The SMILES string of the molecule is C[C@H](OC(=O)C[C@H]1Oc2ccccc2NC1=O)C(=O)Nc1ccc(Cl)cc1F. The van der Waals surface area contributed by atoms with Gasteiger partial charge in [0.05, 0.1) is 17.8 Å². The van der Waals surface area contributed by atoms with Crippen LogP contribution in [0.25, 0.3) is 0 Å². The number of rotatable bonds is 5. The second-order valence-electron chi connectivity index (χ2n) is 6.04. The molecule has 1 aliphatic heterocycles. The van der Waals surface area contributed by atoms with Crippen molar-refractivity contribution in [1.29, 1.82) is 0 Å². The van der Waals surface area contributed by atoms with Crippen molar-refractivity contribution in [1.82, 2.24) is 0 Å². The lowest BCUT2D eigenvalue weighted by molar-refractivity contribution is -0.155. The summed E-state index contributed by atoms with van der Waals surface area (Å²) in [4.78, 5) is 36.2. The maximum absolute atomic E-state index is 13.7. The predicted octanol–water partition coefficient (Wildman–Crippen LogP) is 3.14. The Kier molecular flexibility index (Phi) is 5.79. The molecule has 2 aromatic rings. The molecule has 1 aliphatic rings. The zero-order valence-corrected chi connectivity index (χ0v) is 15.5. The molecule has 0 saturated carbocycles. The van der Waals surface area contributed by atoms with Crippen LogP contribution in [0.15, 0.2) is 42.5 Å². The fourth-order valence-corrected chi connectivity index (χ4v) is 2.66. The Morgan fingerprint density at radius 3 is 2.82 bits per heavy atom. The molecule has 0 aromatic heterocycles. The van der Waals surface area contributed by atoms with E-state index in [0.29, 0.717) is 11.4 Å². The van der Waals surface area contributed by atoms with Crippen LogP contribution in [0.2, 0.25) is 5.02 Å². The smallest absolute Gasteiger partial charge is 0.310 e. The quantitative estimate of drug-likeness (QED) is 0.744. The first-order chi connectivity index (χ1) is 13.3. The minimum absolute atomic E-state index is 0.0936. The average molecular weight is 407 g/mol. The number of amides is 2. The van der Waals surface area contributed by atoms with Gasteiger partial charge in [0, 0.05) is 5.02 Å². The third-order valence-electron chi connectivity index (χ3n) is 3.93. The monoisotopic (exact) mass is 406 g/mol. The van der Waals surface area contributed by atoms with Crippen molar-refractivity contribution >= 4 is 40.8 Å². The van der Waals surface area contributed by atoms with Gasteiger partial charge in [0.1, 0.15) is 11.6 Å². The van der Waals surface area contributed by atoms with Gasteiger partial charge in [-0.1, -0.05) is 23.7 Å². The lowest BCUT2D eigenvalue weighted by Gasteiger charge is -2.25. The number of anilines is 2. The van der Waals surface area contributed by atoms with Crippen LogP contribution < -0.4 is 15.4 Å². The molecule has 3 rings (SSSR count). The summed E-state index contributed by atoms with van der Waals surface area (Å²) in [6.07, 6.45) is -2.67. The lowest BCUT2D eigenvalue weighted by Crippen LogP contribution is -2.40. The Balaban J connectivity index is 1.55. The molecule has 9 heteroatoms. The van der Waals surface area contributed by atoms with E-state index < -0.39 is 35.8 Å². The third kappa shape index (κ3) is 4.58. The van der Waals surface area contributed by atoms with Gasteiger partial charge in [0.15, 0.2) is 12.2 Å². The summed E-state index contributed by atoms with van der Waals surface area (Å²) < 4.78 is 24.3. The van der Waals surface area contributed by atoms with E-state index in [9.17, 15) is 18.8 Å². The first kappa shape index (κ1) is 19.6. The summed E-state index contributed by atoms with van der Waals surface area (Å²) in [7, 11) is 0. The van der Waals surface area contributed by atoms with E-state index in [1.54, 1.807) is 24.3 Å². The zero-order valence-electron chi connectivity index (χ0n) is 14.7. The molecule has 0 bridgehead atoms. The van der Waals surface area contributed by atoms with E-state index in [4.69, 9.17) is 21.1 Å². The molecule has 7 nitrogen and oxygen atoms in total. The van der Waals surface area contributed by atoms with Crippen LogP contribution in [-0.2, 0) is 19.1 Å². The topological polar surface area (TPSA) is 93.7 Å². The lowest BCUT2D eigenvalue weighted by atomic mass is 10.1. The van der Waals surface area contributed by atoms with Gasteiger partial charge in [0.25, 0.3) is 11.8 Å². The van der Waals surface area contributed by atoms with Crippen molar-refractivity contribution in [3.8, 4) is 5.75 Å². The summed E-state index contributed by atoms with van der Waals surface area (Å²) in [6, 6.07) is 10.5. The molecule has 28 heavy (non-hydrogen) atoms. The maximum Gasteiger partial charge on any atom is 0.310 e. The van der Waals surface area contributed by atoms with Crippen LogP contribution in [0.1, 0.15) is 13.3 Å². The van der Waals surface area contributed by atoms with Crippen molar-refractivity contribution in [2.45, 2.75) is 25.6 Å². The first-order valence-corrected chi connectivity index (χ1v) is 8.73. The van der Waals surface area contributed by atoms with Gasteiger partial charge in [-0.15, -0.1) is 0 Å². The molecular formula is C19H16ClFN2O5. The van der Waals surface area contributed by atoms with Gasteiger partial charge in [-0.3, -0.25) is 14.4 Å². The highest BCUT2D eigenvalue weighted by atomic mass is 35.5. The van der Waals surface area contributed by atoms with Crippen LogP contribution >= 0.6 is 11.6 Å². The van der Waals surface area contributed by atoms with Crippen molar-refractivity contribution in [2.75, 3.05) is 10.6 Å². The number of halogens is 2. The van der Waals surface area contributed by atoms with Crippen LogP contribution in [0.5, 0.6) is 5.75 Å². The number of esters is 1. The van der Waals surface area contributed by atoms with Crippen molar-refractivity contribution in [3.63, 3.8) is 0 Å². The highest BCUT2D eigenvalue weighted by molar-refractivity contribution is 6.30. The Morgan fingerprint density at radius 1 is 1.32 bits per heavy atom. The molecule has 0 aliphatic carbocycles. The normalized spacial score (nSPS) is 16.2. The van der Waals surface area contributed by atoms with Crippen LogP contribution in [0.3, 0.4) is 0 Å². The summed E-state index contributed by atoms with van der Waals surface area (Å²) >= 11 is 5.65. The number of hydrogen-bond acceptors (Lipinski definition) is 5. The first-order valence-electron chi connectivity index (χ1n) is 8.35. The molecule has 146 valence electrons. The Morgan fingerprint density at radius 2 is 2.07 bits per heavy atom. The molecule has 0 saturated heterocycles. The van der Waals surface area contributed by atoms with E-state index in [0.717, 1.165) is 6.07 Å². The molecule has 2 amide bonds. The molecule has 0 spiro atoms. The highest BCUT2D eigenvalue weighted by Gasteiger charge is 2.31. The third-order valence-corrected chi connectivity index (χ3v) is 4.16. The van der Waals surface area contributed by atoms with Gasteiger partial charge < -0.3 is 20.1 Å². The number of carbonyl (C=O) groups is 3. The fourth-order valence-electron chi connectivity index (χ4n) is 2.50. The van der Waals surface area contributed by atoms with Gasteiger partial charge in [-0.2, -0.15) is 0 Å². The van der Waals surface area contributed by atoms with Gasteiger partial charge >= 0.3 is 5.97 Å². The molecular weight excluding hydrogens is 391 g/mol. The van der Waals surface area contributed by atoms with Crippen LogP contribution in [0, 0.1) is 5.82 Å².